The number of hydrogen-bond acceptors (Lipinski definition) is 4. The Labute approximate surface area is 129 Å². The van der Waals surface area contributed by atoms with Crippen molar-refractivity contribution < 1.29 is 19.1 Å². The van der Waals surface area contributed by atoms with Gasteiger partial charge in [0.05, 0.1) is 19.6 Å². The van der Waals surface area contributed by atoms with Crippen LogP contribution in [0.1, 0.15) is 18.4 Å². The first-order valence-electron chi connectivity index (χ1n) is 7.35. The van der Waals surface area contributed by atoms with Gasteiger partial charge < -0.3 is 19.7 Å². The number of carbonyl (C=O) groups excluding carboxylic acids is 2. The SMILES string of the molecule is COc1cccc(CN2CC3(CCNC(=O)C3)C2=O)c1OC. The molecule has 1 unspecified atom stereocenters. The smallest absolute Gasteiger partial charge is 0.231 e. The first-order valence-corrected chi connectivity index (χ1v) is 7.35. The number of hydrogen-bond donors (Lipinski definition) is 1. The fourth-order valence-electron chi connectivity index (χ4n) is 3.38. The molecule has 0 saturated carbocycles. The quantitative estimate of drug-likeness (QED) is 0.841. The zero-order valence-electron chi connectivity index (χ0n) is 12.8. The fourth-order valence-corrected chi connectivity index (χ4v) is 3.38. The molecule has 118 valence electrons. The van der Waals surface area contributed by atoms with Gasteiger partial charge in [0.15, 0.2) is 11.5 Å². The van der Waals surface area contributed by atoms with Gasteiger partial charge in [-0.15, -0.1) is 0 Å². The Bertz CT molecular complexity index is 616. The van der Waals surface area contributed by atoms with Crippen molar-refractivity contribution in [1.29, 1.82) is 0 Å². The van der Waals surface area contributed by atoms with Crippen molar-refractivity contribution >= 4 is 11.8 Å². The second-order valence-electron chi connectivity index (χ2n) is 5.87. The van der Waals surface area contributed by atoms with Gasteiger partial charge in [-0.05, 0) is 12.5 Å². The van der Waals surface area contributed by atoms with Gasteiger partial charge in [0.2, 0.25) is 11.8 Å². The summed E-state index contributed by atoms with van der Waals surface area (Å²) in [5, 5.41) is 2.78. The zero-order valence-corrected chi connectivity index (χ0v) is 12.8. The number of amides is 2. The van der Waals surface area contributed by atoms with Gasteiger partial charge in [-0.25, -0.2) is 0 Å². The van der Waals surface area contributed by atoms with E-state index in [9.17, 15) is 9.59 Å². The van der Waals surface area contributed by atoms with Crippen LogP contribution in [0.5, 0.6) is 11.5 Å². The standard InChI is InChI=1S/C16H20N2O4/c1-21-12-5-3-4-11(14(12)22-2)9-18-10-16(15(18)20)6-7-17-13(19)8-16/h3-5H,6-10H2,1-2H3,(H,17,19). The van der Waals surface area contributed by atoms with Crippen LogP contribution in [-0.2, 0) is 16.1 Å². The third-order valence-corrected chi connectivity index (χ3v) is 4.50. The van der Waals surface area contributed by atoms with Gasteiger partial charge in [0.1, 0.15) is 0 Å². The molecule has 1 aromatic carbocycles. The molecule has 2 amide bonds. The summed E-state index contributed by atoms with van der Waals surface area (Å²) >= 11 is 0. The first kappa shape index (κ1) is 14.7. The molecule has 2 fully saturated rings. The van der Waals surface area contributed by atoms with Crippen molar-refractivity contribution in [2.45, 2.75) is 19.4 Å². The molecule has 2 aliphatic heterocycles. The molecular formula is C16H20N2O4. The molecule has 2 aliphatic rings. The lowest BCUT2D eigenvalue weighted by molar-refractivity contribution is -0.167. The number of piperidine rings is 1. The van der Waals surface area contributed by atoms with Crippen LogP contribution in [0.2, 0.25) is 0 Å². The van der Waals surface area contributed by atoms with Gasteiger partial charge in [0, 0.05) is 31.6 Å². The monoisotopic (exact) mass is 304 g/mol. The summed E-state index contributed by atoms with van der Waals surface area (Å²) in [4.78, 5) is 25.8. The first-order chi connectivity index (χ1) is 10.6. The number of nitrogens with one attached hydrogen (secondary N) is 1. The number of likely N-dealkylation sites (tertiary alicyclic amines) is 1. The number of rotatable bonds is 4. The number of ether oxygens (including phenoxy) is 2. The van der Waals surface area contributed by atoms with Gasteiger partial charge in [-0.3, -0.25) is 9.59 Å². The molecule has 0 aliphatic carbocycles. The second kappa shape index (κ2) is 5.51. The molecule has 0 bridgehead atoms. The summed E-state index contributed by atoms with van der Waals surface area (Å²) in [6.45, 7) is 1.68. The Hall–Kier alpha value is -2.24. The van der Waals surface area contributed by atoms with Crippen LogP contribution in [0, 0.1) is 5.41 Å². The number of benzene rings is 1. The molecule has 1 N–H and O–H groups in total. The molecular weight excluding hydrogens is 284 g/mol. The van der Waals surface area contributed by atoms with E-state index in [4.69, 9.17) is 9.47 Å². The van der Waals surface area contributed by atoms with Crippen LogP contribution in [-0.4, -0.2) is 44.0 Å². The minimum Gasteiger partial charge on any atom is -0.493 e. The van der Waals surface area contributed by atoms with E-state index in [1.165, 1.54) is 0 Å². The highest BCUT2D eigenvalue weighted by atomic mass is 16.5. The fraction of sp³-hybridized carbons (Fsp3) is 0.500. The number of methoxy groups -OCH3 is 2. The molecule has 2 heterocycles. The van der Waals surface area contributed by atoms with Crippen LogP contribution in [0.25, 0.3) is 0 Å². The molecule has 1 spiro atoms. The van der Waals surface area contributed by atoms with E-state index in [0.29, 0.717) is 37.6 Å². The minimum atomic E-state index is -0.478. The summed E-state index contributed by atoms with van der Waals surface area (Å²) < 4.78 is 10.7. The molecule has 2 saturated heterocycles. The third kappa shape index (κ3) is 2.28. The largest absolute Gasteiger partial charge is 0.493 e. The average molecular weight is 304 g/mol. The van der Waals surface area contributed by atoms with Crippen LogP contribution < -0.4 is 14.8 Å². The third-order valence-electron chi connectivity index (χ3n) is 4.50. The topological polar surface area (TPSA) is 67.9 Å². The van der Waals surface area contributed by atoms with E-state index >= 15 is 0 Å². The van der Waals surface area contributed by atoms with Crippen LogP contribution in [0.3, 0.4) is 0 Å². The number of carbonyl (C=O) groups is 2. The van der Waals surface area contributed by atoms with Gasteiger partial charge >= 0.3 is 0 Å². The van der Waals surface area contributed by atoms with Crippen molar-refractivity contribution in [3.63, 3.8) is 0 Å². The van der Waals surface area contributed by atoms with Crippen LogP contribution in [0.4, 0.5) is 0 Å². The highest BCUT2D eigenvalue weighted by molar-refractivity contribution is 5.94. The molecule has 0 aromatic heterocycles. The Morgan fingerprint density at radius 1 is 1.27 bits per heavy atom. The highest BCUT2D eigenvalue weighted by Crippen LogP contribution is 2.42. The van der Waals surface area contributed by atoms with E-state index < -0.39 is 5.41 Å². The zero-order chi connectivity index (χ0) is 15.7. The normalized spacial score (nSPS) is 24.0. The Balaban J connectivity index is 1.74. The molecule has 6 nitrogen and oxygen atoms in total. The lowest BCUT2D eigenvalue weighted by atomic mass is 9.71. The minimum absolute atomic E-state index is 0.0294. The molecule has 22 heavy (non-hydrogen) atoms. The number of nitrogens with zero attached hydrogens (tertiary/aromatic N) is 1. The summed E-state index contributed by atoms with van der Waals surface area (Å²) in [6.07, 6.45) is 1.03. The van der Waals surface area contributed by atoms with Crippen molar-refractivity contribution in [3.05, 3.63) is 23.8 Å². The van der Waals surface area contributed by atoms with Crippen molar-refractivity contribution in [2.75, 3.05) is 27.3 Å². The summed E-state index contributed by atoms with van der Waals surface area (Å²) in [5.41, 5.74) is 0.430. The predicted octanol–water partition coefficient (Wildman–Crippen LogP) is 0.942. The molecule has 3 rings (SSSR count). The van der Waals surface area contributed by atoms with Crippen LogP contribution >= 0.6 is 0 Å². The van der Waals surface area contributed by atoms with Crippen molar-refractivity contribution in [3.8, 4) is 11.5 Å². The van der Waals surface area contributed by atoms with Crippen LogP contribution in [0.15, 0.2) is 18.2 Å². The maximum Gasteiger partial charge on any atom is 0.231 e. The maximum atomic E-state index is 12.5. The average Bonchev–Trinajstić information content (AvgIpc) is 2.53. The summed E-state index contributed by atoms with van der Waals surface area (Å²) in [6, 6.07) is 5.63. The van der Waals surface area contributed by atoms with Gasteiger partial charge in [0.25, 0.3) is 0 Å². The Morgan fingerprint density at radius 3 is 2.73 bits per heavy atom. The van der Waals surface area contributed by atoms with E-state index in [2.05, 4.69) is 5.32 Å². The Morgan fingerprint density at radius 2 is 2.09 bits per heavy atom. The molecule has 1 atom stereocenters. The lowest BCUT2D eigenvalue weighted by Crippen LogP contribution is -2.64. The van der Waals surface area contributed by atoms with Gasteiger partial charge in [-0.2, -0.15) is 0 Å². The van der Waals surface area contributed by atoms with Crippen molar-refractivity contribution in [2.24, 2.45) is 5.41 Å². The van der Waals surface area contributed by atoms with E-state index in [1.807, 2.05) is 18.2 Å². The summed E-state index contributed by atoms with van der Waals surface area (Å²) in [5.74, 6) is 1.34. The number of para-hydroxylation sites is 1. The van der Waals surface area contributed by atoms with Crippen molar-refractivity contribution in [1.82, 2.24) is 10.2 Å². The van der Waals surface area contributed by atoms with E-state index in [1.54, 1.807) is 19.1 Å². The second-order valence-corrected chi connectivity index (χ2v) is 5.87. The predicted molar refractivity (Wildman–Crippen MR) is 79.6 cm³/mol. The van der Waals surface area contributed by atoms with Gasteiger partial charge in [-0.1, -0.05) is 12.1 Å². The van der Waals surface area contributed by atoms with E-state index in [0.717, 1.165) is 12.0 Å². The van der Waals surface area contributed by atoms with E-state index in [-0.39, 0.29) is 11.8 Å². The lowest BCUT2D eigenvalue weighted by Gasteiger charge is -2.50. The number of β-lactam (4-membered cyclic amide) rings is 1. The molecule has 1 aromatic rings. The molecule has 0 radical (unpaired) electrons. The summed E-state index contributed by atoms with van der Waals surface area (Å²) in [7, 11) is 3.18. The maximum absolute atomic E-state index is 12.5. The molecule has 6 heteroatoms. The Kier molecular flexibility index (Phi) is 3.68. The highest BCUT2D eigenvalue weighted by Gasteiger charge is 2.54.